The zero-order valence-electron chi connectivity index (χ0n) is 3.65. The van der Waals surface area contributed by atoms with E-state index in [2.05, 4.69) is 0 Å². The molecule has 0 saturated heterocycles. The van der Waals surface area contributed by atoms with E-state index in [1.54, 1.807) is 0 Å². The van der Waals surface area contributed by atoms with Crippen molar-refractivity contribution < 1.29 is 20.4 Å². The molecule has 0 saturated carbocycles. The van der Waals surface area contributed by atoms with Crippen molar-refractivity contribution in [3.05, 3.63) is 0 Å². The van der Waals surface area contributed by atoms with Crippen LogP contribution in [0.25, 0.3) is 0 Å². The van der Waals surface area contributed by atoms with Gasteiger partial charge in [0.2, 0.25) is 0 Å². The Morgan fingerprint density at radius 2 is 1.57 bits per heavy atom. The maximum Gasteiger partial charge on any atom is 0.180 e. The maximum atomic E-state index is 8.19. The molecule has 0 fully saturated rings. The van der Waals surface area contributed by atoms with Crippen LogP contribution in [0.4, 0.5) is 0 Å². The molecule has 4 nitrogen and oxygen atoms in total. The maximum absolute atomic E-state index is 8.19. The predicted octanol–water partition coefficient (Wildman–Crippen LogP) is -2.35. The quantitative estimate of drug-likeness (QED) is 0.298. The number of hydrogen-bond donors (Lipinski definition) is 4. The lowest BCUT2D eigenvalue weighted by atomic mass is 10.4. The first-order valence-corrected chi connectivity index (χ1v) is 1.83. The zero-order chi connectivity index (χ0) is 5.86. The fourth-order valence-corrected chi connectivity index (χ4v) is 0.0943. The molecule has 0 spiro atoms. The third-order valence-corrected chi connectivity index (χ3v) is 0.531. The number of rotatable bonds is 2. The standard InChI is InChI=1S/C3H8O4/c4-1-2(5)3(6)7/h2-7H,1H2. The van der Waals surface area contributed by atoms with Gasteiger partial charge in [-0.1, -0.05) is 0 Å². The summed E-state index contributed by atoms with van der Waals surface area (Å²) in [5.41, 5.74) is 0. The van der Waals surface area contributed by atoms with Crippen LogP contribution < -0.4 is 0 Å². The predicted molar refractivity (Wildman–Crippen MR) is 21.3 cm³/mol. The monoisotopic (exact) mass is 108 g/mol. The molecule has 0 aliphatic heterocycles. The second-order valence-corrected chi connectivity index (χ2v) is 1.16. The average molecular weight is 108 g/mol. The third kappa shape index (κ3) is 2.52. The summed E-state index contributed by atoms with van der Waals surface area (Å²) in [5, 5.41) is 32.1. The van der Waals surface area contributed by atoms with Crippen LogP contribution in [0.15, 0.2) is 0 Å². The molecule has 0 rings (SSSR count). The highest BCUT2D eigenvalue weighted by Gasteiger charge is 2.08. The van der Waals surface area contributed by atoms with E-state index >= 15 is 0 Å². The van der Waals surface area contributed by atoms with Crippen LogP contribution in [0.5, 0.6) is 0 Å². The van der Waals surface area contributed by atoms with Gasteiger partial charge < -0.3 is 20.4 Å². The van der Waals surface area contributed by atoms with Crippen molar-refractivity contribution in [2.75, 3.05) is 6.61 Å². The van der Waals surface area contributed by atoms with Gasteiger partial charge in [0.15, 0.2) is 6.29 Å². The molecule has 0 radical (unpaired) electrons. The van der Waals surface area contributed by atoms with Gasteiger partial charge in [-0.15, -0.1) is 0 Å². The zero-order valence-corrected chi connectivity index (χ0v) is 3.65. The van der Waals surface area contributed by atoms with E-state index in [0.29, 0.717) is 0 Å². The molecular weight excluding hydrogens is 100 g/mol. The summed E-state index contributed by atoms with van der Waals surface area (Å²) in [6.07, 6.45) is -3.26. The first kappa shape index (κ1) is 6.84. The van der Waals surface area contributed by atoms with E-state index in [9.17, 15) is 0 Å². The molecule has 0 amide bonds. The Bertz CT molecular complexity index is 44.2. The highest BCUT2D eigenvalue weighted by Crippen LogP contribution is 1.83. The molecule has 44 valence electrons. The highest BCUT2D eigenvalue weighted by atomic mass is 16.5. The van der Waals surface area contributed by atoms with E-state index in [1.807, 2.05) is 0 Å². The van der Waals surface area contributed by atoms with Crippen LogP contribution in [-0.2, 0) is 0 Å². The Hall–Kier alpha value is -0.160. The van der Waals surface area contributed by atoms with Gasteiger partial charge in [-0.3, -0.25) is 0 Å². The molecule has 1 unspecified atom stereocenters. The van der Waals surface area contributed by atoms with Crippen molar-refractivity contribution in [2.45, 2.75) is 12.4 Å². The van der Waals surface area contributed by atoms with Crippen LogP contribution in [0, 0.1) is 0 Å². The molecule has 0 bridgehead atoms. The summed E-state index contributed by atoms with van der Waals surface area (Å²) < 4.78 is 0. The highest BCUT2D eigenvalue weighted by molar-refractivity contribution is 4.50. The topological polar surface area (TPSA) is 80.9 Å². The Labute approximate surface area is 40.6 Å². The molecule has 7 heavy (non-hydrogen) atoms. The Morgan fingerprint density at radius 3 is 1.57 bits per heavy atom. The van der Waals surface area contributed by atoms with Crippen molar-refractivity contribution in [1.82, 2.24) is 0 Å². The van der Waals surface area contributed by atoms with Gasteiger partial charge in [-0.05, 0) is 0 Å². The van der Waals surface area contributed by atoms with E-state index in [1.165, 1.54) is 0 Å². The second-order valence-electron chi connectivity index (χ2n) is 1.16. The Morgan fingerprint density at radius 1 is 1.14 bits per heavy atom. The summed E-state index contributed by atoms with van der Waals surface area (Å²) >= 11 is 0. The lowest BCUT2D eigenvalue weighted by Crippen LogP contribution is -2.28. The molecule has 1 atom stereocenters. The van der Waals surface area contributed by atoms with Crippen LogP contribution in [0.1, 0.15) is 0 Å². The Balaban J connectivity index is 3.14. The van der Waals surface area contributed by atoms with Crippen LogP contribution in [0.3, 0.4) is 0 Å². The van der Waals surface area contributed by atoms with E-state index in [0.717, 1.165) is 0 Å². The lowest BCUT2D eigenvalue weighted by molar-refractivity contribution is -0.134. The van der Waals surface area contributed by atoms with Gasteiger partial charge in [0.25, 0.3) is 0 Å². The van der Waals surface area contributed by atoms with Crippen molar-refractivity contribution in [3.63, 3.8) is 0 Å². The second kappa shape index (κ2) is 2.92. The molecule has 0 aromatic heterocycles. The van der Waals surface area contributed by atoms with Crippen molar-refractivity contribution in [1.29, 1.82) is 0 Å². The Kier molecular flexibility index (Phi) is 2.86. The summed E-state index contributed by atoms with van der Waals surface area (Å²) in [4.78, 5) is 0. The smallest absolute Gasteiger partial charge is 0.180 e. The number of aliphatic hydroxyl groups is 4. The van der Waals surface area contributed by atoms with Gasteiger partial charge in [-0.25, -0.2) is 0 Å². The van der Waals surface area contributed by atoms with E-state index in [4.69, 9.17) is 20.4 Å². The molecular formula is C3H8O4. The molecule has 0 aromatic carbocycles. The van der Waals surface area contributed by atoms with Crippen LogP contribution in [0.2, 0.25) is 0 Å². The molecule has 0 aliphatic carbocycles. The molecule has 4 N–H and O–H groups in total. The average Bonchev–Trinajstić information content (AvgIpc) is 1.65. The van der Waals surface area contributed by atoms with Crippen LogP contribution in [-0.4, -0.2) is 39.4 Å². The van der Waals surface area contributed by atoms with Gasteiger partial charge in [-0.2, -0.15) is 0 Å². The first-order chi connectivity index (χ1) is 3.18. The molecule has 4 heteroatoms. The third-order valence-electron chi connectivity index (χ3n) is 0.531. The fraction of sp³-hybridized carbons (Fsp3) is 1.00. The van der Waals surface area contributed by atoms with Crippen molar-refractivity contribution in [3.8, 4) is 0 Å². The van der Waals surface area contributed by atoms with Gasteiger partial charge in [0.1, 0.15) is 6.10 Å². The lowest BCUT2D eigenvalue weighted by Gasteiger charge is -2.06. The summed E-state index contributed by atoms with van der Waals surface area (Å²) in [6, 6.07) is 0. The fourth-order valence-electron chi connectivity index (χ4n) is 0.0943. The van der Waals surface area contributed by atoms with Crippen molar-refractivity contribution in [2.24, 2.45) is 0 Å². The van der Waals surface area contributed by atoms with E-state index < -0.39 is 19.0 Å². The molecule has 0 heterocycles. The van der Waals surface area contributed by atoms with Crippen molar-refractivity contribution >= 4 is 0 Å². The van der Waals surface area contributed by atoms with Gasteiger partial charge in [0, 0.05) is 0 Å². The largest absolute Gasteiger partial charge is 0.393 e. The van der Waals surface area contributed by atoms with E-state index in [-0.39, 0.29) is 0 Å². The first-order valence-electron chi connectivity index (χ1n) is 1.83. The minimum Gasteiger partial charge on any atom is -0.393 e. The minimum absolute atomic E-state index is 0.627. The minimum atomic E-state index is -1.83. The molecule has 0 aromatic rings. The molecule has 0 aliphatic rings. The summed E-state index contributed by atoms with van der Waals surface area (Å²) in [6.45, 7) is -0.627. The van der Waals surface area contributed by atoms with Gasteiger partial charge >= 0.3 is 0 Å². The number of aliphatic hydroxyl groups excluding tert-OH is 3. The van der Waals surface area contributed by atoms with Gasteiger partial charge in [0.05, 0.1) is 6.61 Å². The normalized spacial score (nSPS) is 15.0. The SMILES string of the molecule is OCC(O)C(O)O. The van der Waals surface area contributed by atoms with Crippen LogP contribution >= 0.6 is 0 Å². The summed E-state index contributed by atoms with van der Waals surface area (Å²) in [7, 11) is 0. The summed E-state index contributed by atoms with van der Waals surface area (Å²) in [5.74, 6) is 0. The number of hydrogen-bond acceptors (Lipinski definition) is 4.